The minimum atomic E-state index is -3.68. The molecule has 1 saturated heterocycles. The molecule has 1 aliphatic rings. The molecule has 0 spiro atoms. The first kappa shape index (κ1) is 14.5. The Hall–Kier alpha value is -1.92. The average Bonchev–Trinajstić information content (AvgIpc) is 2.85. The third-order valence-electron chi connectivity index (χ3n) is 2.85. The average molecular weight is 306 g/mol. The minimum Gasteiger partial charge on any atom is -0.470 e. The molecule has 112 valence electrons. The minimum absolute atomic E-state index is 0.00523. The summed E-state index contributed by atoms with van der Waals surface area (Å²) < 4.78 is 33.5. The molecule has 0 bridgehead atoms. The second kappa shape index (κ2) is 5.60. The van der Waals surface area contributed by atoms with Gasteiger partial charge in [0.25, 0.3) is 16.1 Å². The van der Waals surface area contributed by atoms with Crippen molar-refractivity contribution in [2.24, 2.45) is 16.0 Å². The number of nitrogens with zero attached hydrogens (tertiary/aromatic N) is 4. The number of hydrogen-bond acceptors (Lipinski definition) is 8. The lowest BCUT2D eigenvalue weighted by molar-refractivity contribution is 0.123. The molecule has 1 aromatic rings. The number of amidine groups is 1. The van der Waals surface area contributed by atoms with Crippen molar-refractivity contribution < 1.29 is 23.0 Å². The van der Waals surface area contributed by atoms with E-state index in [1.54, 1.807) is 0 Å². The Morgan fingerprint density at radius 2 is 2.10 bits per heavy atom. The fraction of sp³-hybridized carbons (Fsp3) is 0.625. The molecule has 0 amide bonds. The normalized spacial score (nSPS) is 19.1. The van der Waals surface area contributed by atoms with Crippen LogP contribution in [0.4, 0.5) is 0 Å². The lowest BCUT2D eigenvalue weighted by Crippen LogP contribution is -2.44. The summed E-state index contributed by atoms with van der Waals surface area (Å²) in [5, 5.41) is 23.3. The van der Waals surface area contributed by atoms with E-state index in [0.717, 1.165) is 0 Å². The molecular formula is C8H14N6O5S. The Bertz CT molecular complexity index is 590. The number of aromatic nitrogens is 2. The van der Waals surface area contributed by atoms with E-state index in [4.69, 9.17) is 20.8 Å². The van der Waals surface area contributed by atoms with Gasteiger partial charge in [0.05, 0.1) is 0 Å². The summed E-state index contributed by atoms with van der Waals surface area (Å²) >= 11 is 0. The Labute approximate surface area is 114 Å². The predicted molar refractivity (Wildman–Crippen MR) is 65.1 cm³/mol. The molecule has 20 heavy (non-hydrogen) atoms. The zero-order valence-corrected chi connectivity index (χ0v) is 11.2. The molecule has 1 fully saturated rings. The second-order valence-electron chi connectivity index (χ2n) is 4.16. The largest absolute Gasteiger partial charge is 0.470 e. The van der Waals surface area contributed by atoms with Gasteiger partial charge >= 0.3 is 0 Å². The van der Waals surface area contributed by atoms with Gasteiger partial charge < -0.3 is 15.7 Å². The lowest BCUT2D eigenvalue weighted by Gasteiger charge is -2.29. The van der Waals surface area contributed by atoms with E-state index < -0.39 is 10.2 Å². The van der Waals surface area contributed by atoms with Crippen LogP contribution in [0.15, 0.2) is 9.78 Å². The third kappa shape index (κ3) is 3.15. The fourth-order valence-corrected chi connectivity index (χ4v) is 2.54. The highest BCUT2D eigenvalue weighted by Gasteiger charge is 2.28. The van der Waals surface area contributed by atoms with Crippen LogP contribution in [-0.2, 0) is 10.2 Å². The highest BCUT2D eigenvalue weighted by atomic mass is 32.2. The van der Waals surface area contributed by atoms with Crippen LogP contribution < -0.4 is 15.6 Å². The van der Waals surface area contributed by atoms with Gasteiger partial charge in [-0.1, -0.05) is 5.16 Å². The van der Waals surface area contributed by atoms with Crippen LogP contribution in [0.1, 0.15) is 18.5 Å². The van der Waals surface area contributed by atoms with E-state index in [-0.39, 0.29) is 36.6 Å². The van der Waals surface area contributed by atoms with Crippen LogP contribution in [0.25, 0.3) is 0 Å². The van der Waals surface area contributed by atoms with Crippen LogP contribution in [-0.4, -0.2) is 53.3 Å². The summed E-state index contributed by atoms with van der Waals surface area (Å²) in [6.07, 6.45) is 0.572. The fourth-order valence-electron chi connectivity index (χ4n) is 1.82. The standard InChI is InChI=1S/C8H14N6O5S/c9-7(11-15)6-8(13-19-12-6)18-5-1-3-14(4-2-5)20(10,16)17/h5,15H,1-4H2,(H2,9,11)(H2,10,16,17). The molecule has 0 unspecified atom stereocenters. The van der Waals surface area contributed by atoms with Gasteiger partial charge in [-0.2, -0.15) is 12.7 Å². The monoisotopic (exact) mass is 306 g/mol. The summed E-state index contributed by atoms with van der Waals surface area (Å²) in [7, 11) is -3.68. The topological polar surface area (TPSA) is 170 Å². The summed E-state index contributed by atoms with van der Waals surface area (Å²) in [5.74, 6) is -0.294. The predicted octanol–water partition coefficient (Wildman–Crippen LogP) is -1.79. The molecule has 0 aromatic carbocycles. The molecule has 2 heterocycles. The molecule has 12 heteroatoms. The summed E-state index contributed by atoms with van der Waals surface area (Å²) in [6.45, 7) is 0.487. The van der Waals surface area contributed by atoms with Crippen LogP contribution in [0.5, 0.6) is 5.88 Å². The first-order chi connectivity index (χ1) is 9.41. The van der Waals surface area contributed by atoms with E-state index >= 15 is 0 Å². The smallest absolute Gasteiger partial charge is 0.287 e. The highest BCUT2D eigenvalue weighted by Crippen LogP contribution is 2.20. The first-order valence-corrected chi connectivity index (χ1v) is 7.17. The molecule has 11 nitrogen and oxygen atoms in total. The number of hydrogen-bond donors (Lipinski definition) is 3. The molecule has 1 aromatic heterocycles. The maximum Gasteiger partial charge on any atom is 0.287 e. The van der Waals surface area contributed by atoms with Crippen molar-refractivity contribution >= 4 is 16.0 Å². The number of piperidine rings is 1. The van der Waals surface area contributed by atoms with Gasteiger partial charge in [-0.25, -0.2) is 9.77 Å². The van der Waals surface area contributed by atoms with Crippen LogP contribution in [0.2, 0.25) is 0 Å². The van der Waals surface area contributed by atoms with E-state index in [0.29, 0.717) is 12.8 Å². The zero-order chi connectivity index (χ0) is 14.8. The van der Waals surface area contributed by atoms with Crippen LogP contribution in [0.3, 0.4) is 0 Å². The van der Waals surface area contributed by atoms with Crippen LogP contribution in [0, 0.1) is 0 Å². The van der Waals surface area contributed by atoms with Gasteiger partial charge in [0, 0.05) is 13.1 Å². The first-order valence-electron chi connectivity index (χ1n) is 5.67. The van der Waals surface area contributed by atoms with Crippen molar-refractivity contribution in [3.63, 3.8) is 0 Å². The highest BCUT2D eigenvalue weighted by molar-refractivity contribution is 7.86. The summed E-state index contributed by atoms with van der Waals surface area (Å²) in [5.41, 5.74) is 5.36. The lowest BCUT2D eigenvalue weighted by atomic mass is 10.1. The Morgan fingerprint density at radius 1 is 1.45 bits per heavy atom. The van der Waals surface area contributed by atoms with Crippen molar-refractivity contribution in [2.75, 3.05) is 13.1 Å². The summed E-state index contributed by atoms with van der Waals surface area (Å²) in [6, 6.07) is 0. The van der Waals surface area contributed by atoms with Gasteiger partial charge in [0.15, 0.2) is 5.84 Å². The molecule has 5 N–H and O–H groups in total. The van der Waals surface area contributed by atoms with Crippen molar-refractivity contribution in [1.82, 2.24) is 14.6 Å². The molecule has 0 saturated carbocycles. The van der Waals surface area contributed by atoms with Gasteiger partial charge in [0.1, 0.15) is 6.10 Å². The molecule has 0 radical (unpaired) electrons. The molecular weight excluding hydrogens is 292 g/mol. The molecule has 0 atom stereocenters. The maximum atomic E-state index is 11.2. The van der Waals surface area contributed by atoms with E-state index in [1.807, 2.05) is 0 Å². The van der Waals surface area contributed by atoms with Crippen molar-refractivity contribution in [3.05, 3.63) is 5.69 Å². The van der Waals surface area contributed by atoms with Gasteiger partial charge in [-0.05, 0) is 23.2 Å². The van der Waals surface area contributed by atoms with Crippen molar-refractivity contribution in [1.29, 1.82) is 0 Å². The quantitative estimate of drug-likeness (QED) is 0.253. The Kier molecular flexibility index (Phi) is 4.06. The second-order valence-corrected chi connectivity index (χ2v) is 5.71. The van der Waals surface area contributed by atoms with E-state index in [9.17, 15) is 8.42 Å². The number of ether oxygens (including phenoxy) is 1. The van der Waals surface area contributed by atoms with Gasteiger partial charge in [-0.15, -0.1) is 0 Å². The van der Waals surface area contributed by atoms with Crippen molar-refractivity contribution in [3.8, 4) is 5.88 Å². The maximum absolute atomic E-state index is 11.2. The molecule has 0 aliphatic carbocycles. The Morgan fingerprint density at radius 3 is 2.65 bits per heavy atom. The number of oxime groups is 1. The SMILES string of the molecule is N/C(=N\O)c1nonc1OC1CCN(S(N)(=O)=O)CC1. The Balaban J connectivity index is 1.98. The summed E-state index contributed by atoms with van der Waals surface area (Å²) in [4.78, 5) is 0. The van der Waals surface area contributed by atoms with Gasteiger partial charge in [0.2, 0.25) is 5.69 Å². The van der Waals surface area contributed by atoms with E-state index in [2.05, 4.69) is 20.1 Å². The third-order valence-corrected chi connectivity index (χ3v) is 3.93. The molecule has 2 rings (SSSR count). The van der Waals surface area contributed by atoms with Crippen molar-refractivity contribution in [2.45, 2.75) is 18.9 Å². The number of rotatable bonds is 4. The van der Waals surface area contributed by atoms with E-state index in [1.165, 1.54) is 4.31 Å². The number of nitrogens with two attached hydrogens (primary N) is 2. The van der Waals surface area contributed by atoms with Crippen LogP contribution >= 0.6 is 0 Å². The molecule has 1 aliphatic heterocycles. The van der Waals surface area contributed by atoms with Gasteiger partial charge in [-0.3, -0.25) is 0 Å². The zero-order valence-electron chi connectivity index (χ0n) is 10.3.